The summed E-state index contributed by atoms with van der Waals surface area (Å²) in [5.41, 5.74) is 3.47. The van der Waals surface area contributed by atoms with Crippen LogP contribution in [0.5, 0.6) is 5.75 Å². The van der Waals surface area contributed by atoms with Gasteiger partial charge in [-0.05, 0) is 61.5 Å². The smallest absolute Gasteiger partial charge is 0.171 e. The van der Waals surface area contributed by atoms with Gasteiger partial charge in [-0.25, -0.2) is 0 Å². The standard InChI is InChI=1S/C20H19ClN2O2S/c1-12-18(13(2)24)19(23-20(26)22-12)15-5-9-17(10-6-15)25-11-14-3-7-16(21)8-4-14/h3-10,19H,11H2,1-2H3,(H2,22,23,26). The number of thiocarbonyl (C=S) groups is 1. The molecule has 0 saturated carbocycles. The molecular weight excluding hydrogens is 368 g/mol. The second kappa shape index (κ2) is 7.89. The van der Waals surface area contributed by atoms with Gasteiger partial charge in [-0.3, -0.25) is 4.79 Å². The molecule has 0 radical (unpaired) electrons. The normalized spacial score (nSPS) is 16.7. The topological polar surface area (TPSA) is 50.4 Å². The minimum Gasteiger partial charge on any atom is -0.489 e. The van der Waals surface area contributed by atoms with Gasteiger partial charge in [-0.1, -0.05) is 35.9 Å². The zero-order chi connectivity index (χ0) is 18.7. The number of hydrogen-bond donors (Lipinski definition) is 2. The largest absolute Gasteiger partial charge is 0.489 e. The maximum absolute atomic E-state index is 12.0. The Balaban J connectivity index is 1.74. The Morgan fingerprint density at radius 1 is 1.15 bits per heavy atom. The molecule has 1 heterocycles. The molecule has 4 nitrogen and oxygen atoms in total. The minimum absolute atomic E-state index is 0.0121. The van der Waals surface area contributed by atoms with Gasteiger partial charge < -0.3 is 15.4 Å². The van der Waals surface area contributed by atoms with E-state index in [9.17, 15) is 4.79 Å². The zero-order valence-electron chi connectivity index (χ0n) is 14.5. The van der Waals surface area contributed by atoms with Crippen molar-refractivity contribution in [2.45, 2.75) is 26.5 Å². The van der Waals surface area contributed by atoms with E-state index in [4.69, 9.17) is 28.6 Å². The lowest BCUT2D eigenvalue weighted by Crippen LogP contribution is -2.44. The summed E-state index contributed by atoms with van der Waals surface area (Å²) in [6.07, 6.45) is 0. The highest BCUT2D eigenvalue weighted by atomic mass is 35.5. The summed E-state index contributed by atoms with van der Waals surface area (Å²) in [5, 5.41) is 7.39. The summed E-state index contributed by atoms with van der Waals surface area (Å²) in [4.78, 5) is 12.0. The molecule has 2 N–H and O–H groups in total. The van der Waals surface area contributed by atoms with Crippen molar-refractivity contribution < 1.29 is 9.53 Å². The molecule has 3 rings (SSSR count). The number of rotatable bonds is 5. The van der Waals surface area contributed by atoms with E-state index in [1.54, 1.807) is 6.92 Å². The Kier molecular flexibility index (Phi) is 5.59. The third kappa shape index (κ3) is 4.23. The Morgan fingerprint density at radius 3 is 2.42 bits per heavy atom. The first kappa shape index (κ1) is 18.4. The van der Waals surface area contributed by atoms with E-state index in [0.717, 1.165) is 22.6 Å². The molecule has 2 aromatic carbocycles. The highest BCUT2D eigenvalue weighted by Crippen LogP contribution is 2.28. The van der Waals surface area contributed by atoms with Gasteiger partial charge in [-0.15, -0.1) is 0 Å². The van der Waals surface area contributed by atoms with Crippen molar-refractivity contribution >= 4 is 34.7 Å². The van der Waals surface area contributed by atoms with Gasteiger partial charge in [0, 0.05) is 16.3 Å². The summed E-state index contributed by atoms with van der Waals surface area (Å²) in [7, 11) is 0. The fraction of sp³-hybridized carbons (Fsp3) is 0.200. The van der Waals surface area contributed by atoms with Crippen molar-refractivity contribution in [3.63, 3.8) is 0 Å². The van der Waals surface area contributed by atoms with Crippen molar-refractivity contribution in [1.82, 2.24) is 10.6 Å². The molecule has 1 aliphatic heterocycles. The number of benzene rings is 2. The molecule has 0 aromatic heterocycles. The van der Waals surface area contributed by atoms with Gasteiger partial charge in [0.05, 0.1) is 6.04 Å². The van der Waals surface area contributed by atoms with Gasteiger partial charge in [0.15, 0.2) is 10.9 Å². The second-order valence-corrected chi connectivity index (χ2v) is 6.96. The highest BCUT2D eigenvalue weighted by Gasteiger charge is 2.27. The van der Waals surface area contributed by atoms with E-state index in [1.807, 2.05) is 55.5 Å². The van der Waals surface area contributed by atoms with Crippen LogP contribution in [-0.2, 0) is 11.4 Å². The number of carbonyl (C=O) groups is 1. The van der Waals surface area contributed by atoms with Crippen molar-refractivity contribution in [3.05, 3.63) is 76.0 Å². The first-order valence-electron chi connectivity index (χ1n) is 8.20. The molecule has 0 spiro atoms. The average molecular weight is 387 g/mol. The second-order valence-electron chi connectivity index (χ2n) is 6.11. The third-order valence-electron chi connectivity index (χ3n) is 4.18. The summed E-state index contributed by atoms with van der Waals surface area (Å²) < 4.78 is 5.81. The molecule has 0 fully saturated rings. The molecule has 1 unspecified atom stereocenters. The number of carbonyl (C=O) groups excluding carboxylic acids is 1. The van der Waals surface area contributed by atoms with Gasteiger partial charge >= 0.3 is 0 Å². The lowest BCUT2D eigenvalue weighted by Gasteiger charge is -2.29. The van der Waals surface area contributed by atoms with Gasteiger partial charge in [0.2, 0.25) is 0 Å². The fourth-order valence-electron chi connectivity index (χ4n) is 2.91. The molecule has 0 bridgehead atoms. The van der Waals surface area contributed by atoms with Crippen molar-refractivity contribution in [2.24, 2.45) is 0 Å². The molecule has 26 heavy (non-hydrogen) atoms. The third-order valence-corrected chi connectivity index (χ3v) is 4.65. The molecule has 134 valence electrons. The number of ether oxygens (including phenoxy) is 1. The number of allylic oxidation sites excluding steroid dienone is 1. The summed E-state index contributed by atoms with van der Waals surface area (Å²) >= 11 is 11.1. The van der Waals surface area contributed by atoms with E-state index >= 15 is 0 Å². The molecule has 0 amide bonds. The van der Waals surface area contributed by atoms with Crippen LogP contribution in [0, 0.1) is 0 Å². The van der Waals surface area contributed by atoms with Gasteiger partial charge in [0.25, 0.3) is 0 Å². The molecule has 0 saturated heterocycles. The summed E-state index contributed by atoms with van der Waals surface area (Å²) in [6.45, 7) is 3.89. The number of hydrogen-bond acceptors (Lipinski definition) is 3. The predicted octanol–water partition coefficient (Wildman–Crippen LogP) is 4.30. The summed E-state index contributed by atoms with van der Waals surface area (Å²) in [6, 6.07) is 15.0. The predicted molar refractivity (Wildman–Crippen MR) is 107 cm³/mol. The van der Waals surface area contributed by atoms with Crippen LogP contribution in [0.2, 0.25) is 5.02 Å². The lowest BCUT2D eigenvalue weighted by molar-refractivity contribution is -0.114. The van der Waals surface area contributed by atoms with Crippen LogP contribution in [0.3, 0.4) is 0 Å². The molecule has 6 heteroatoms. The monoisotopic (exact) mass is 386 g/mol. The van der Waals surface area contributed by atoms with E-state index < -0.39 is 0 Å². The van der Waals surface area contributed by atoms with Crippen molar-refractivity contribution in [2.75, 3.05) is 0 Å². The van der Waals surface area contributed by atoms with Crippen molar-refractivity contribution in [1.29, 1.82) is 0 Å². The molecule has 2 aromatic rings. The number of ketones is 1. The van der Waals surface area contributed by atoms with E-state index in [-0.39, 0.29) is 11.8 Å². The van der Waals surface area contributed by atoms with Gasteiger partial charge in [0.1, 0.15) is 12.4 Å². The summed E-state index contributed by atoms with van der Waals surface area (Å²) in [5.74, 6) is 0.767. The first-order chi connectivity index (χ1) is 12.4. The number of halogens is 1. The lowest BCUT2D eigenvalue weighted by atomic mass is 9.93. The zero-order valence-corrected chi connectivity index (χ0v) is 16.1. The van der Waals surface area contributed by atoms with Gasteiger partial charge in [-0.2, -0.15) is 0 Å². The van der Waals surface area contributed by atoms with Crippen LogP contribution in [0.4, 0.5) is 0 Å². The maximum Gasteiger partial charge on any atom is 0.171 e. The maximum atomic E-state index is 12.0. The van der Waals surface area contributed by atoms with Crippen molar-refractivity contribution in [3.8, 4) is 5.75 Å². The Morgan fingerprint density at radius 2 is 1.81 bits per heavy atom. The quantitative estimate of drug-likeness (QED) is 0.750. The van der Waals surface area contributed by atoms with Crippen LogP contribution < -0.4 is 15.4 Å². The molecule has 0 aliphatic carbocycles. The van der Waals surface area contributed by atoms with Crippen LogP contribution in [-0.4, -0.2) is 10.9 Å². The molecule has 1 atom stereocenters. The van der Waals surface area contributed by atoms with E-state index in [0.29, 0.717) is 22.3 Å². The molecular formula is C20H19ClN2O2S. The number of nitrogens with one attached hydrogen (secondary N) is 2. The van der Waals surface area contributed by atoms with Crippen LogP contribution in [0.1, 0.15) is 31.0 Å². The van der Waals surface area contributed by atoms with Crippen LogP contribution >= 0.6 is 23.8 Å². The Labute approximate surface area is 163 Å². The van der Waals surface area contributed by atoms with E-state index in [1.165, 1.54) is 0 Å². The minimum atomic E-state index is -0.258. The average Bonchev–Trinajstić information content (AvgIpc) is 2.60. The Bertz CT molecular complexity index is 860. The Hall–Kier alpha value is -2.37. The highest BCUT2D eigenvalue weighted by molar-refractivity contribution is 7.80. The van der Waals surface area contributed by atoms with Crippen LogP contribution in [0.25, 0.3) is 0 Å². The first-order valence-corrected chi connectivity index (χ1v) is 8.99. The van der Waals surface area contributed by atoms with Crippen LogP contribution in [0.15, 0.2) is 59.8 Å². The fourth-order valence-corrected chi connectivity index (χ4v) is 3.31. The SMILES string of the molecule is CC(=O)C1=C(C)NC(=S)NC1c1ccc(OCc2ccc(Cl)cc2)cc1. The number of Topliss-reactive ketones (excluding diaryl/α,β-unsaturated/α-hetero) is 1. The van der Waals surface area contributed by atoms with E-state index in [2.05, 4.69) is 10.6 Å². The molecule has 1 aliphatic rings.